The second-order valence-electron chi connectivity index (χ2n) is 8.53. The van der Waals surface area contributed by atoms with Crippen molar-refractivity contribution in [1.82, 2.24) is 15.5 Å². The molecule has 1 saturated heterocycles. The molecule has 0 aliphatic carbocycles. The third-order valence-electron chi connectivity index (χ3n) is 6.17. The summed E-state index contributed by atoms with van der Waals surface area (Å²) in [7, 11) is 0. The Labute approximate surface area is 204 Å². The van der Waals surface area contributed by atoms with Gasteiger partial charge in [-0.25, -0.2) is 4.79 Å². The summed E-state index contributed by atoms with van der Waals surface area (Å²) in [6, 6.07) is 11.4. The lowest BCUT2D eigenvalue weighted by atomic mass is 10.1. The molecule has 9 heteroatoms. The van der Waals surface area contributed by atoms with Gasteiger partial charge in [-0.3, -0.25) is 9.59 Å². The van der Waals surface area contributed by atoms with E-state index in [-0.39, 0.29) is 30.4 Å². The first kappa shape index (κ1) is 23.9. The van der Waals surface area contributed by atoms with Gasteiger partial charge in [0.25, 0.3) is 5.91 Å². The molecule has 0 saturated carbocycles. The first-order chi connectivity index (χ1) is 16.4. The van der Waals surface area contributed by atoms with E-state index in [1.165, 1.54) is 0 Å². The summed E-state index contributed by atoms with van der Waals surface area (Å²) in [5.41, 5.74) is 1.93. The Morgan fingerprint density at radius 2 is 2.03 bits per heavy atom. The second-order valence-corrected chi connectivity index (χ2v) is 8.94. The van der Waals surface area contributed by atoms with Crippen LogP contribution in [0.25, 0.3) is 0 Å². The fourth-order valence-electron chi connectivity index (χ4n) is 4.39. The van der Waals surface area contributed by atoms with Gasteiger partial charge >= 0.3 is 6.03 Å². The molecule has 0 bridgehead atoms. The van der Waals surface area contributed by atoms with Crippen LogP contribution in [-0.2, 0) is 11.3 Å². The quantitative estimate of drug-likeness (QED) is 0.694. The number of para-hydroxylation sites is 1. The summed E-state index contributed by atoms with van der Waals surface area (Å²) in [6.45, 7) is 5.50. The van der Waals surface area contributed by atoms with E-state index in [1.54, 1.807) is 28.0 Å². The molecule has 180 valence electrons. The fourth-order valence-corrected chi connectivity index (χ4v) is 4.64. The molecule has 0 spiro atoms. The fraction of sp³-hybridized carbons (Fsp3) is 0.400. The summed E-state index contributed by atoms with van der Waals surface area (Å²) in [5, 5.41) is 5.97. The van der Waals surface area contributed by atoms with Crippen LogP contribution in [0.4, 0.5) is 10.5 Å². The van der Waals surface area contributed by atoms with Crippen LogP contribution in [0.1, 0.15) is 42.6 Å². The molecule has 4 amide bonds. The number of benzene rings is 2. The number of ether oxygens (including phenoxy) is 1. The maximum atomic E-state index is 13.6. The van der Waals surface area contributed by atoms with Crippen molar-refractivity contribution in [2.75, 3.05) is 24.6 Å². The lowest BCUT2D eigenvalue weighted by molar-refractivity contribution is -0.124. The third-order valence-corrected chi connectivity index (χ3v) is 6.49. The Bertz CT molecular complexity index is 1090. The predicted molar refractivity (Wildman–Crippen MR) is 130 cm³/mol. The maximum Gasteiger partial charge on any atom is 0.318 e. The first-order valence-corrected chi connectivity index (χ1v) is 11.9. The van der Waals surface area contributed by atoms with Gasteiger partial charge in [0.2, 0.25) is 5.91 Å². The van der Waals surface area contributed by atoms with Gasteiger partial charge in [0.15, 0.2) is 0 Å². The van der Waals surface area contributed by atoms with Crippen molar-refractivity contribution < 1.29 is 19.1 Å². The normalized spacial score (nSPS) is 20.1. The second kappa shape index (κ2) is 10.3. The van der Waals surface area contributed by atoms with Gasteiger partial charge in [-0.05, 0) is 56.5 Å². The van der Waals surface area contributed by atoms with Crippen molar-refractivity contribution in [3.8, 4) is 5.75 Å². The molecular weight excluding hydrogens is 456 g/mol. The number of nitrogens with one attached hydrogen (secondary N) is 2. The summed E-state index contributed by atoms with van der Waals surface area (Å²) in [5.74, 6) is 0.189. The number of hydrogen-bond donors (Lipinski definition) is 2. The molecule has 2 aromatic carbocycles. The molecule has 0 aromatic heterocycles. The van der Waals surface area contributed by atoms with Crippen molar-refractivity contribution >= 4 is 35.1 Å². The Balaban J connectivity index is 1.60. The highest BCUT2D eigenvalue weighted by atomic mass is 35.5. The van der Waals surface area contributed by atoms with Crippen LogP contribution in [0.3, 0.4) is 0 Å². The molecule has 2 aliphatic heterocycles. The van der Waals surface area contributed by atoms with E-state index >= 15 is 0 Å². The van der Waals surface area contributed by atoms with Crippen molar-refractivity contribution in [3.63, 3.8) is 0 Å². The molecule has 2 heterocycles. The van der Waals surface area contributed by atoms with Crippen LogP contribution in [-0.4, -0.2) is 54.5 Å². The number of carbonyl (C=O) groups excluding carboxylic acids is 3. The molecule has 8 nitrogen and oxygen atoms in total. The van der Waals surface area contributed by atoms with Gasteiger partial charge < -0.3 is 25.2 Å². The zero-order valence-electron chi connectivity index (χ0n) is 19.3. The van der Waals surface area contributed by atoms with Crippen LogP contribution in [0.5, 0.6) is 5.75 Å². The van der Waals surface area contributed by atoms with Gasteiger partial charge in [-0.1, -0.05) is 29.8 Å². The number of fused-ring (bicyclic) bond motifs is 1. The van der Waals surface area contributed by atoms with Crippen LogP contribution in [0.15, 0.2) is 42.5 Å². The minimum Gasteiger partial charge on any atom is -0.494 e. The summed E-state index contributed by atoms with van der Waals surface area (Å²) < 4.78 is 5.48. The zero-order chi connectivity index (χ0) is 24.2. The van der Waals surface area contributed by atoms with Crippen molar-refractivity contribution in [2.45, 2.75) is 45.3 Å². The van der Waals surface area contributed by atoms with E-state index in [0.29, 0.717) is 42.5 Å². The Morgan fingerprint density at radius 3 is 2.76 bits per heavy atom. The molecule has 4 rings (SSSR count). The van der Waals surface area contributed by atoms with Gasteiger partial charge in [0, 0.05) is 31.4 Å². The topological polar surface area (TPSA) is 91.0 Å². The number of halogens is 1. The van der Waals surface area contributed by atoms with Crippen LogP contribution < -0.4 is 20.3 Å². The molecule has 2 aliphatic rings. The number of carbonyl (C=O) groups is 3. The SMILES string of the molecule is CCOc1ccc(C(=O)N2C[C@@H](C)N(C(=O)NC3CCCNC3=O)Cc3ccccc32)c(Cl)c1. The molecule has 1 fully saturated rings. The molecule has 1 unspecified atom stereocenters. The third kappa shape index (κ3) is 4.97. The van der Waals surface area contributed by atoms with E-state index < -0.39 is 6.04 Å². The number of nitrogens with zero attached hydrogens (tertiary/aromatic N) is 2. The van der Waals surface area contributed by atoms with Crippen LogP contribution in [0.2, 0.25) is 5.02 Å². The average molecular weight is 485 g/mol. The Kier molecular flexibility index (Phi) is 7.26. The maximum absolute atomic E-state index is 13.6. The Morgan fingerprint density at radius 1 is 1.24 bits per heavy atom. The van der Waals surface area contributed by atoms with E-state index in [1.807, 2.05) is 38.1 Å². The van der Waals surface area contributed by atoms with Crippen molar-refractivity contribution in [2.24, 2.45) is 0 Å². The van der Waals surface area contributed by atoms with Gasteiger partial charge in [-0.2, -0.15) is 0 Å². The molecule has 2 N–H and O–H groups in total. The smallest absolute Gasteiger partial charge is 0.318 e. The first-order valence-electron chi connectivity index (χ1n) is 11.6. The van der Waals surface area contributed by atoms with Crippen molar-refractivity contribution in [3.05, 3.63) is 58.6 Å². The summed E-state index contributed by atoms with van der Waals surface area (Å²) >= 11 is 6.44. The van der Waals surface area contributed by atoms with E-state index in [0.717, 1.165) is 17.7 Å². The highest BCUT2D eigenvalue weighted by Crippen LogP contribution is 2.31. The number of piperidine rings is 1. The average Bonchev–Trinajstić information content (AvgIpc) is 2.97. The molecule has 2 aromatic rings. The molecule has 0 radical (unpaired) electrons. The number of rotatable bonds is 4. The molecule has 34 heavy (non-hydrogen) atoms. The van der Waals surface area contributed by atoms with Gasteiger partial charge in [0.05, 0.1) is 17.2 Å². The van der Waals surface area contributed by atoms with Crippen LogP contribution in [0, 0.1) is 0 Å². The Hall–Kier alpha value is -3.26. The minimum absolute atomic E-state index is 0.163. The predicted octanol–water partition coefficient (Wildman–Crippen LogP) is 3.58. The monoisotopic (exact) mass is 484 g/mol. The number of amides is 4. The van der Waals surface area contributed by atoms with E-state index in [2.05, 4.69) is 10.6 Å². The highest BCUT2D eigenvalue weighted by Gasteiger charge is 2.34. The standard InChI is InChI=1S/C25H29ClN4O4/c1-3-34-18-10-11-19(20(26)13-18)24(32)30-14-16(2)29(15-17-7-4-5-9-22(17)30)25(33)28-21-8-6-12-27-23(21)31/h4-5,7,9-11,13,16,21H,3,6,8,12,14-15H2,1-2H3,(H,27,31)(H,28,33)/t16-,21?/m1/s1. The number of anilines is 1. The van der Waals surface area contributed by atoms with Crippen LogP contribution >= 0.6 is 11.6 Å². The van der Waals surface area contributed by atoms with Gasteiger partial charge in [0.1, 0.15) is 11.8 Å². The summed E-state index contributed by atoms with van der Waals surface area (Å²) in [4.78, 5) is 42.3. The number of hydrogen-bond acceptors (Lipinski definition) is 4. The largest absolute Gasteiger partial charge is 0.494 e. The lowest BCUT2D eigenvalue weighted by Gasteiger charge is -2.31. The van der Waals surface area contributed by atoms with E-state index in [4.69, 9.17) is 16.3 Å². The highest BCUT2D eigenvalue weighted by molar-refractivity contribution is 6.34. The van der Waals surface area contributed by atoms with Crippen molar-refractivity contribution in [1.29, 1.82) is 0 Å². The molecular formula is C25H29ClN4O4. The minimum atomic E-state index is -0.549. The lowest BCUT2D eigenvalue weighted by Crippen LogP contribution is -2.55. The molecule has 2 atom stereocenters. The zero-order valence-corrected chi connectivity index (χ0v) is 20.1. The number of urea groups is 1. The van der Waals surface area contributed by atoms with E-state index in [9.17, 15) is 14.4 Å². The van der Waals surface area contributed by atoms with Gasteiger partial charge in [-0.15, -0.1) is 0 Å². The summed E-state index contributed by atoms with van der Waals surface area (Å²) in [6.07, 6.45) is 1.43.